The predicted molar refractivity (Wildman–Crippen MR) is 77.0 cm³/mol. The van der Waals surface area contributed by atoms with Gasteiger partial charge in [-0.15, -0.1) is 0 Å². The van der Waals surface area contributed by atoms with Gasteiger partial charge < -0.3 is 10.6 Å². The minimum absolute atomic E-state index is 0.241. The van der Waals surface area contributed by atoms with Crippen molar-refractivity contribution in [2.24, 2.45) is 5.41 Å². The van der Waals surface area contributed by atoms with Crippen molar-refractivity contribution < 1.29 is 0 Å². The number of aryl methyl sites for hydroxylation is 1. The lowest BCUT2D eigenvalue weighted by Crippen LogP contribution is -2.42. The number of aromatic amines is 1. The number of nitrogens with one attached hydrogen (secondary N) is 3. The van der Waals surface area contributed by atoms with Crippen molar-refractivity contribution in [2.45, 2.75) is 26.7 Å². The largest absolute Gasteiger partial charge is 0.369 e. The van der Waals surface area contributed by atoms with E-state index < -0.39 is 0 Å². The molecule has 3 rings (SSSR count). The summed E-state index contributed by atoms with van der Waals surface area (Å²) in [6.07, 6.45) is 2.41. The van der Waals surface area contributed by atoms with Gasteiger partial charge >= 0.3 is 5.69 Å². The number of hydrogen-bond donors (Lipinski definition) is 3. The summed E-state index contributed by atoms with van der Waals surface area (Å²) < 4.78 is 1.47. The fraction of sp³-hybridized carbons (Fsp3) is 0.615. The van der Waals surface area contributed by atoms with E-state index in [4.69, 9.17) is 0 Å². The maximum Gasteiger partial charge on any atom is 0.349 e. The summed E-state index contributed by atoms with van der Waals surface area (Å²) in [7, 11) is 0. The summed E-state index contributed by atoms with van der Waals surface area (Å²) in [5, 5.41) is 13.2. The van der Waals surface area contributed by atoms with E-state index in [1.54, 1.807) is 13.0 Å². The number of rotatable bonds is 3. The van der Waals surface area contributed by atoms with Crippen LogP contribution in [0.15, 0.2) is 10.9 Å². The van der Waals surface area contributed by atoms with Crippen LogP contribution in [0, 0.1) is 12.3 Å². The Balaban J connectivity index is 1.79. The lowest BCUT2D eigenvalue weighted by Gasteiger charge is -2.34. The van der Waals surface area contributed by atoms with E-state index in [2.05, 4.69) is 32.7 Å². The Kier molecular flexibility index (Phi) is 3.21. The highest BCUT2D eigenvalue weighted by Crippen LogP contribution is 2.25. The second kappa shape index (κ2) is 4.90. The van der Waals surface area contributed by atoms with Crippen LogP contribution < -0.4 is 16.3 Å². The molecule has 0 spiro atoms. The number of H-pyrrole nitrogens is 1. The highest BCUT2D eigenvalue weighted by molar-refractivity contribution is 5.49. The van der Waals surface area contributed by atoms with Crippen molar-refractivity contribution in [3.63, 3.8) is 0 Å². The summed E-state index contributed by atoms with van der Waals surface area (Å²) >= 11 is 0. The number of aromatic nitrogens is 4. The molecule has 1 aliphatic rings. The van der Waals surface area contributed by atoms with E-state index >= 15 is 0 Å². The molecule has 1 atom stereocenters. The molecule has 0 aromatic carbocycles. The van der Waals surface area contributed by atoms with Crippen LogP contribution in [0.25, 0.3) is 5.65 Å². The first-order valence-corrected chi connectivity index (χ1v) is 6.97. The van der Waals surface area contributed by atoms with Crippen LogP contribution >= 0.6 is 0 Å². The number of nitrogens with zero attached hydrogens (tertiary/aromatic N) is 3. The van der Waals surface area contributed by atoms with Crippen LogP contribution in [0.4, 0.5) is 5.82 Å². The minimum atomic E-state index is -0.250. The summed E-state index contributed by atoms with van der Waals surface area (Å²) in [6, 6.07) is 1.80. The van der Waals surface area contributed by atoms with Gasteiger partial charge in [0.05, 0.1) is 0 Å². The first kappa shape index (κ1) is 13.1. The summed E-state index contributed by atoms with van der Waals surface area (Å²) in [5.41, 5.74) is 0.586. The summed E-state index contributed by atoms with van der Waals surface area (Å²) in [4.78, 5) is 16.0. The van der Waals surface area contributed by atoms with Crippen molar-refractivity contribution in [2.75, 3.05) is 25.0 Å². The molecule has 7 heteroatoms. The molecule has 2 aromatic rings. The number of hydrogen-bond acceptors (Lipinski definition) is 5. The van der Waals surface area contributed by atoms with E-state index in [0.717, 1.165) is 25.5 Å². The zero-order chi connectivity index (χ0) is 14.2. The molecule has 7 nitrogen and oxygen atoms in total. The van der Waals surface area contributed by atoms with Crippen LogP contribution in [0.3, 0.4) is 0 Å². The van der Waals surface area contributed by atoms with E-state index in [0.29, 0.717) is 11.5 Å². The molecule has 20 heavy (non-hydrogen) atoms. The van der Waals surface area contributed by atoms with Crippen LogP contribution in [0.1, 0.15) is 25.6 Å². The molecule has 0 amide bonds. The van der Waals surface area contributed by atoms with Crippen LogP contribution in [0.5, 0.6) is 0 Å². The van der Waals surface area contributed by atoms with E-state index in [1.165, 1.54) is 17.2 Å². The molecular formula is C13H20N6O. The lowest BCUT2D eigenvalue weighted by molar-refractivity contribution is 0.253. The van der Waals surface area contributed by atoms with Crippen molar-refractivity contribution in [3.8, 4) is 0 Å². The molecule has 2 aromatic heterocycles. The molecule has 1 aliphatic heterocycles. The Morgan fingerprint density at radius 3 is 3.15 bits per heavy atom. The van der Waals surface area contributed by atoms with Gasteiger partial charge in [-0.3, -0.25) is 0 Å². The lowest BCUT2D eigenvalue weighted by atomic mass is 9.83. The molecular weight excluding hydrogens is 256 g/mol. The fourth-order valence-electron chi connectivity index (χ4n) is 2.76. The topological polar surface area (TPSA) is 87.1 Å². The molecule has 108 valence electrons. The van der Waals surface area contributed by atoms with Gasteiger partial charge in [0.25, 0.3) is 0 Å². The van der Waals surface area contributed by atoms with Gasteiger partial charge in [-0.2, -0.15) is 5.10 Å². The standard InChI is InChI=1S/C13H20N6O/c1-9-16-10(6-11-17-18-12(20)19(9)11)15-8-13(2)4-3-5-14-7-13/h6,14-15H,3-5,7-8H2,1-2H3,(H,18,20). The van der Waals surface area contributed by atoms with Gasteiger partial charge in [-0.1, -0.05) is 6.92 Å². The van der Waals surface area contributed by atoms with Crippen molar-refractivity contribution in [3.05, 3.63) is 22.4 Å². The second-order valence-corrected chi connectivity index (χ2v) is 5.86. The molecule has 0 radical (unpaired) electrons. The van der Waals surface area contributed by atoms with E-state index in [-0.39, 0.29) is 11.1 Å². The number of anilines is 1. The zero-order valence-corrected chi connectivity index (χ0v) is 11.9. The quantitative estimate of drug-likeness (QED) is 0.761. The molecule has 0 bridgehead atoms. The van der Waals surface area contributed by atoms with Crippen molar-refractivity contribution >= 4 is 11.5 Å². The minimum Gasteiger partial charge on any atom is -0.369 e. The van der Waals surface area contributed by atoms with Crippen LogP contribution in [0.2, 0.25) is 0 Å². The van der Waals surface area contributed by atoms with Crippen LogP contribution in [-0.2, 0) is 0 Å². The monoisotopic (exact) mass is 276 g/mol. The summed E-state index contributed by atoms with van der Waals surface area (Å²) in [5.74, 6) is 1.40. The number of piperidine rings is 1. The smallest absolute Gasteiger partial charge is 0.349 e. The Morgan fingerprint density at radius 1 is 1.55 bits per heavy atom. The van der Waals surface area contributed by atoms with Gasteiger partial charge in [0.15, 0.2) is 5.65 Å². The molecule has 1 unspecified atom stereocenters. The normalized spacial score (nSPS) is 23.1. The fourth-order valence-corrected chi connectivity index (χ4v) is 2.76. The molecule has 0 aliphatic carbocycles. The van der Waals surface area contributed by atoms with Crippen molar-refractivity contribution in [1.29, 1.82) is 0 Å². The van der Waals surface area contributed by atoms with Gasteiger partial charge in [0.2, 0.25) is 0 Å². The van der Waals surface area contributed by atoms with Gasteiger partial charge in [-0.05, 0) is 31.7 Å². The van der Waals surface area contributed by atoms with Crippen molar-refractivity contribution in [1.82, 2.24) is 24.9 Å². The second-order valence-electron chi connectivity index (χ2n) is 5.86. The highest BCUT2D eigenvalue weighted by Gasteiger charge is 2.26. The Labute approximate surface area is 116 Å². The molecule has 1 saturated heterocycles. The highest BCUT2D eigenvalue weighted by atomic mass is 16.1. The molecule has 3 heterocycles. The van der Waals surface area contributed by atoms with E-state index in [9.17, 15) is 4.79 Å². The van der Waals surface area contributed by atoms with E-state index in [1.807, 2.05) is 0 Å². The summed E-state index contributed by atoms with van der Waals surface area (Å²) in [6.45, 7) is 7.06. The molecule has 3 N–H and O–H groups in total. The Bertz CT molecular complexity index is 667. The van der Waals surface area contributed by atoms with Gasteiger partial charge in [0, 0.05) is 19.2 Å². The third-order valence-electron chi connectivity index (χ3n) is 3.95. The third kappa shape index (κ3) is 2.40. The average Bonchev–Trinajstić information content (AvgIpc) is 2.80. The SMILES string of the molecule is Cc1nc(NCC2(C)CCCNC2)cc2n[nH]c(=O)n12. The molecule has 1 fully saturated rings. The Hall–Kier alpha value is -1.89. The van der Waals surface area contributed by atoms with Crippen LogP contribution in [-0.4, -0.2) is 39.2 Å². The zero-order valence-electron chi connectivity index (χ0n) is 11.9. The molecule has 0 saturated carbocycles. The first-order valence-electron chi connectivity index (χ1n) is 6.97. The maximum atomic E-state index is 11.5. The maximum absolute atomic E-state index is 11.5. The third-order valence-corrected chi connectivity index (χ3v) is 3.95. The first-order chi connectivity index (χ1) is 9.57. The Morgan fingerprint density at radius 2 is 2.40 bits per heavy atom. The average molecular weight is 276 g/mol. The van der Waals surface area contributed by atoms with Gasteiger partial charge in [0.1, 0.15) is 11.6 Å². The predicted octanol–water partition coefficient (Wildman–Crippen LogP) is 0.528. The number of fused-ring (bicyclic) bond motifs is 1. The van der Waals surface area contributed by atoms with Gasteiger partial charge in [-0.25, -0.2) is 19.3 Å².